The van der Waals surface area contributed by atoms with Crippen molar-refractivity contribution in [3.63, 3.8) is 0 Å². The van der Waals surface area contributed by atoms with Crippen LogP contribution in [-0.4, -0.2) is 71.4 Å². The number of amides is 2. The first-order chi connectivity index (χ1) is 18.5. The lowest BCUT2D eigenvalue weighted by atomic mass is 10.1. The molecule has 1 saturated heterocycles. The lowest BCUT2D eigenvalue weighted by Crippen LogP contribution is -2.37. The van der Waals surface area contributed by atoms with Crippen molar-refractivity contribution in [3.8, 4) is 5.00 Å². The zero-order valence-corrected chi connectivity index (χ0v) is 21.9. The quantitative estimate of drug-likeness (QED) is 0.267. The number of fused-ring (bicyclic) bond motifs is 1. The van der Waals surface area contributed by atoms with Gasteiger partial charge < -0.3 is 19.9 Å². The van der Waals surface area contributed by atoms with E-state index >= 15 is 0 Å². The minimum Gasteiger partial charge on any atom is -0.395 e. The number of hydrogen-bond acceptors (Lipinski definition) is 8. The van der Waals surface area contributed by atoms with Gasteiger partial charge in [-0.05, 0) is 55.7 Å². The lowest BCUT2D eigenvalue weighted by Gasteiger charge is -2.24. The Bertz CT molecular complexity index is 1440. The van der Waals surface area contributed by atoms with Crippen molar-refractivity contribution >= 4 is 40.1 Å². The van der Waals surface area contributed by atoms with Crippen molar-refractivity contribution in [2.45, 2.75) is 44.9 Å². The first kappa shape index (κ1) is 25.8. The monoisotopic (exact) mass is 534 g/mol. The average Bonchev–Trinajstić information content (AvgIpc) is 3.74. The summed E-state index contributed by atoms with van der Waals surface area (Å²) in [6.45, 7) is 7.37. The van der Waals surface area contributed by atoms with Crippen molar-refractivity contribution in [1.82, 2.24) is 34.5 Å². The van der Waals surface area contributed by atoms with Gasteiger partial charge in [0.15, 0.2) is 0 Å². The Morgan fingerprint density at radius 3 is 2.95 bits per heavy atom. The number of thiophene rings is 1. The van der Waals surface area contributed by atoms with Gasteiger partial charge in [0, 0.05) is 25.7 Å². The van der Waals surface area contributed by atoms with Crippen LogP contribution in [0.5, 0.6) is 0 Å². The molecule has 3 aromatic heterocycles. The second kappa shape index (κ2) is 11.3. The third-order valence-corrected chi connectivity index (χ3v) is 7.73. The summed E-state index contributed by atoms with van der Waals surface area (Å²) in [5, 5.41) is 20.5. The first-order valence-electron chi connectivity index (χ1n) is 12.5. The van der Waals surface area contributed by atoms with Crippen molar-refractivity contribution < 1.29 is 14.7 Å². The van der Waals surface area contributed by atoms with Gasteiger partial charge in [0.2, 0.25) is 11.9 Å². The molecule has 38 heavy (non-hydrogen) atoms. The number of hydrogen-bond donors (Lipinski definition) is 3. The Balaban J connectivity index is 1.45. The zero-order valence-electron chi connectivity index (χ0n) is 21.1. The highest BCUT2D eigenvalue weighted by Crippen LogP contribution is 2.27. The van der Waals surface area contributed by atoms with E-state index in [1.165, 1.54) is 23.7 Å². The van der Waals surface area contributed by atoms with Gasteiger partial charge in [-0.15, -0.1) is 11.3 Å². The molecule has 0 radical (unpaired) electrons. The predicted molar refractivity (Wildman–Crippen MR) is 145 cm³/mol. The van der Waals surface area contributed by atoms with Crippen LogP contribution in [-0.2, 0) is 17.9 Å². The van der Waals surface area contributed by atoms with Crippen LogP contribution in [0.3, 0.4) is 0 Å². The molecule has 198 valence electrons. The predicted octanol–water partition coefficient (Wildman–Crippen LogP) is 2.58. The van der Waals surface area contributed by atoms with Crippen molar-refractivity contribution in [1.29, 1.82) is 0 Å². The van der Waals surface area contributed by atoms with Gasteiger partial charge in [-0.3, -0.25) is 14.9 Å². The minimum atomic E-state index is -0.276. The largest absolute Gasteiger partial charge is 0.395 e. The molecule has 0 saturated carbocycles. The van der Waals surface area contributed by atoms with E-state index in [9.17, 15) is 14.7 Å². The number of aromatic nitrogens is 5. The van der Waals surface area contributed by atoms with E-state index in [2.05, 4.69) is 27.3 Å². The lowest BCUT2D eigenvalue weighted by molar-refractivity contribution is -0.126. The number of nitrogens with one attached hydrogen (secondary N) is 2. The van der Waals surface area contributed by atoms with Gasteiger partial charge in [0.1, 0.15) is 17.7 Å². The fourth-order valence-corrected chi connectivity index (χ4v) is 5.45. The molecule has 0 unspecified atom stereocenters. The number of imidazole rings is 1. The second-order valence-electron chi connectivity index (χ2n) is 9.30. The molecule has 12 heteroatoms. The number of benzene rings is 1. The Morgan fingerprint density at radius 2 is 2.18 bits per heavy atom. The third kappa shape index (κ3) is 5.37. The maximum Gasteiger partial charge on any atom is 0.268 e. The van der Waals surface area contributed by atoms with E-state index in [0.717, 1.165) is 34.4 Å². The van der Waals surface area contributed by atoms with E-state index < -0.39 is 0 Å². The summed E-state index contributed by atoms with van der Waals surface area (Å²) in [7, 11) is 0. The molecule has 4 heterocycles. The summed E-state index contributed by atoms with van der Waals surface area (Å²) in [5.41, 5.74) is 2.62. The number of carbonyl (C=O) groups is 2. The van der Waals surface area contributed by atoms with Crippen LogP contribution in [0.15, 0.2) is 55.6 Å². The molecule has 3 N–H and O–H groups in total. The molecule has 2 amide bonds. The number of aliphatic hydroxyl groups excluding tert-OH is 1. The standard InChI is InChI=1S/C26H30N8O3S/c1-3-23(36)32-10-4-5-19(32)13-33-21-7-6-18(12-28-17(2)14-35)11-20(21)30-26(33)31-25(37)22-8-9-24(38-22)34-16-27-15-29-34/h3,6-9,11,15-17,19,28,35H,1,4-5,10,12-14H2,2H3,(H,30,31,37)/t17-,19+/m0/s1. The summed E-state index contributed by atoms with van der Waals surface area (Å²) >= 11 is 1.30. The fraction of sp³-hybridized carbons (Fsp3) is 0.346. The molecule has 0 bridgehead atoms. The molecule has 5 rings (SSSR count). The minimum absolute atomic E-state index is 0.0259. The molecule has 4 aromatic rings. The van der Waals surface area contributed by atoms with Crippen LogP contribution < -0.4 is 10.6 Å². The molecular weight excluding hydrogens is 504 g/mol. The van der Waals surface area contributed by atoms with Gasteiger partial charge >= 0.3 is 0 Å². The van der Waals surface area contributed by atoms with Crippen LogP contribution in [0.25, 0.3) is 16.0 Å². The van der Waals surface area contributed by atoms with Gasteiger partial charge in [0.05, 0.1) is 28.6 Å². The van der Waals surface area contributed by atoms with Crippen LogP contribution in [0.2, 0.25) is 0 Å². The number of rotatable bonds is 10. The molecule has 11 nitrogen and oxygen atoms in total. The summed E-state index contributed by atoms with van der Waals surface area (Å²) in [5.74, 6) is 0.0579. The normalized spacial score (nSPS) is 16.2. The first-order valence-corrected chi connectivity index (χ1v) is 13.3. The fourth-order valence-electron chi connectivity index (χ4n) is 4.62. The summed E-state index contributed by atoms with van der Waals surface area (Å²) < 4.78 is 3.58. The second-order valence-corrected chi connectivity index (χ2v) is 10.4. The Labute approximate surface area is 223 Å². The maximum absolute atomic E-state index is 13.2. The maximum atomic E-state index is 13.2. The van der Waals surface area contributed by atoms with E-state index in [4.69, 9.17) is 4.98 Å². The number of anilines is 1. The summed E-state index contributed by atoms with van der Waals surface area (Å²) in [4.78, 5) is 36.8. The highest BCUT2D eigenvalue weighted by atomic mass is 32.1. The zero-order chi connectivity index (χ0) is 26.6. The molecule has 1 aromatic carbocycles. The third-order valence-electron chi connectivity index (χ3n) is 6.65. The number of nitrogens with zero attached hydrogens (tertiary/aromatic N) is 6. The number of likely N-dealkylation sites (tertiary alicyclic amines) is 1. The van der Waals surface area contributed by atoms with Crippen molar-refractivity contribution in [2.75, 3.05) is 18.5 Å². The van der Waals surface area contributed by atoms with Gasteiger partial charge in [-0.1, -0.05) is 12.6 Å². The van der Waals surface area contributed by atoms with Crippen LogP contribution in [0, 0.1) is 0 Å². The van der Waals surface area contributed by atoms with Gasteiger partial charge in [-0.25, -0.2) is 14.6 Å². The highest BCUT2D eigenvalue weighted by Gasteiger charge is 2.29. The topological polar surface area (TPSA) is 130 Å². The molecule has 0 spiro atoms. The Kier molecular flexibility index (Phi) is 7.63. The molecular formula is C26H30N8O3S. The summed E-state index contributed by atoms with van der Waals surface area (Å²) in [6, 6.07) is 9.49. The smallest absolute Gasteiger partial charge is 0.268 e. The Morgan fingerprint density at radius 1 is 1.32 bits per heavy atom. The SMILES string of the molecule is C=CC(=O)N1CCC[C@@H]1Cn1c(NC(=O)c2ccc(-n3cncn3)s2)nc2cc(CN[C@@H](C)CO)ccc21. The van der Waals surface area contributed by atoms with Crippen LogP contribution in [0.1, 0.15) is 35.0 Å². The van der Waals surface area contributed by atoms with Crippen LogP contribution in [0.4, 0.5) is 5.95 Å². The van der Waals surface area contributed by atoms with Gasteiger partial charge in [0.25, 0.3) is 5.91 Å². The van der Waals surface area contributed by atoms with Gasteiger partial charge in [-0.2, -0.15) is 5.10 Å². The van der Waals surface area contributed by atoms with E-state index in [1.807, 2.05) is 40.7 Å². The number of aliphatic hydroxyl groups is 1. The van der Waals surface area contributed by atoms with Crippen LogP contribution >= 0.6 is 11.3 Å². The summed E-state index contributed by atoms with van der Waals surface area (Å²) in [6.07, 6.45) is 6.15. The molecule has 1 fully saturated rings. The van der Waals surface area contributed by atoms with E-state index in [1.54, 1.807) is 17.1 Å². The van der Waals surface area contributed by atoms with Crippen molar-refractivity contribution in [2.24, 2.45) is 0 Å². The molecule has 1 aliphatic heterocycles. The van der Waals surface area contributed by atoms with E-state index in [-0.39, 0.29) is 30.5 Å². The number of carbonyl (C=O) groups excluding carboxylic acids is 2. The molecule has 0 aliphatic carbocycles. The molecule has 2 atom stereocenters. The average molecular weight is 535 g/mol. The Hall–Kier alpha value is -3.87. The molecule has 1 aliphatic rings. The van der Waals surface area contributed by atoms with Crippen molar-refractivity contribution in [3.05, 3.63) is 66.1 Å². The highest BCUT2D eigenvalue weighted by molar-refractivity contribution is 7.16. The van der Waals surface area contributed by atoms with E-state index in [0.29, 0.717) is 30.5 Å².